The third-order valence-corrected chi connectivity index (χ3v) is 3.79. The van der Waals surface area contributed by atoms with Crippen LogP contribution in [0.3, 0.4) is 0 Å². The van der Waals surface area contributed by atoms with Crippen molar-refractivity contribution in [3.63, 3.8) is 0 Å². The summed E-state index contributed by atoms with van der Waals surface area (Å²) in [6.45, 7) is 5.90. The fourth-order valence-corrected chi connectivity index (χ4v) is 2.30. The molecule has 0 aliphatic heterocycles. The molecule has 0 spiro atoms. The molecule has 0 saturated heterocycles. The lowest BCUT2D eigenvalue weighted by molar-refractivity contribution is -0.140. The molecule has 0 aliphatic rings. The lowest BCUT2D eigenvalue weighted by atomic mass is 10.1. The first kappa shape index (κ1) is 18.9. The average molecular weight is 342 g/mol. The Hall–Kier alpha value is -2.42. The molecule has 0 aliphatic carbocycles. The van der Waals surface area contributed by atoms with Crippen molar-refractivity contribution in [2.75, 3.05) is 13.7 Å². The smallest absolute Gasteiger partial charge is 0.148 e. The number of benzene rings is 2. The zero-order valence-corrected chi connectivity index (χ0v) is 14.8. The van der Waals surface area contributed by atoms with Crippen molar-refractivity contribution in [1.82, 2.24) is 5.06 Å². The zero-order chi connectivity index (χ0) is 18.2. The van der Waals surface area contributed by atoms with Gasteiger partial charge in [0, 0.05) is 19.2 Å². The van der Waals surface area contributed by atoms with Crippen molar-refractivity contribution in [1.29, 1.82) is 5.26 Å². The second kappa shape index (κ2) is 9.16. The van der Waals surface area contributed by atoms with E-state index in [-0.39, 0.29) is 5.75 Å². The molecule has 0 saturated carbocycles. The van der Waals surface area contributed by atoms with E-state index < -0.39 is 5.82 Å². The topological polar surface area (TPSA) is 45.5 Å². The van der Waals surface area contributed by atoms with Crippen molar-refractivity contribution in [3.05, 3.63) is 59.4 Å². The molecule has 4 nitrogen and oxygen atoms in total. The number of nitrogens with zero attached hydrogens (tertiary/aromatic N) is 2. The second-order valence-electron chi connectivity index (χ2n) is 6.23. The number of ether oxygens (including phenoxy) is 1. The molecule has 5 heteroatoms. The lowest BCUT2D eigenvalue weighted by Gasteiger charge is -2.20. The van der Waals surface area contributed by atoms with Crippen LogP contribution < -0.4 is 4.74 Å². The highest BCUT2D eigenvalue weighted by atomic mass is 19.1. The molecule has 0 radical (unpaired) electrons. The molecule has 0 bridgehead atoms. The molecule has 0 unspecified atom stereocenters. The second-order valence-corrected chi connectivity index (χ2v) is 6.23. The Morgan fingerprint density at radius 2 is 1.88 bits per heavy atom. The highest BCUT2D eigenvalue weighted by molar-refractivity contribution is 5.45. The van der Waals surface area contributed by atoms with Gasteiger partial charge in [0.25, 0.3) is 0 Å². The van der Waals surface area contributed by atoms with Gasteiger partial charge in [-0.25, -0.2) is 4.39 Å². The first-order valence-corrected chi connectivity index (χ1v) is 8.27. The van der Waals surface area contributed by atoms with Crippen LogP contribution >= 0.6 is 0 Å². The molecule has 0 N–H and O–H groups in total. The van der Waals surface area contributed by atoms with Gasteiger partial charge in [-0.2, -0.15) is 10.3 Å². The molecular formula is C20H23FN2O2. The highest BCUT2D eigenvalue weighted by Gasteiger charge is 2.09. The Bertz CT molecular complexity index is 723. The Kier molecular flexibility index (Phi) is 6.93. The largest absolute Gasteiger partial charge is 0.456 e. The number of hydroxylamine groups is 2. The molecule has 132 valence electrons. The van der Waals surface area contributed by atoms with Crippen LogP contribution in [0.4, 0.5) is 4.39 Å². The van der Waals surface area contributed by atoms with Crippen LogP contribution in [0.15, 0.2) is 42.5 Å². The van der Waals surface area contributed by atoms with Crippen molar-refractivity contribution in [2.24, 2.45) is 5.92 Å². The maximum atomic E-state index is 13.4. The third-order valence-electron chi connectivity index (χ3n) is 3.79. The van der Waals surface area contributed by atoms with Gasteiger partial charge < -0.3 is 9.57 Å². The van der Waals surface area contributed by atoms with E-state index >= 15 is 0 Å². The van der Waals surface area contributed by atoms with Gasteiger partial charge in [-0.1, -0.05) is 26.0 Å². The van der Waals surface area contributed by atoms with Gasteiger partial charge in [0.05, 0.1) is 12.7 Å². The molecule has 0 aromatic heterocycles. The predicted octanol–water partition coefficient (Wildman–Crippen LogP) is 4.90. The Balaban J connectivity index is 2.02. The van der Waals surface area contributed by atoms with Gasteiger partial charge >= 0.3 is 0 Å². The zero-order valence-electron chi connectivity index (χ0n) is 14.8. The van der Waals surface area contributed by atoms with Gasteiger partial charge in [-0.05, 0) is 42.2 Å². The summed E-state index contributed by atoms with van der Waals surface area (Å²) in [5, 5.41) is 11.0. The van der Waals surface area contributed by atoms with Gasteiger partial charge in [0.1, 0.15) is 23.4 Å². The minimum absolute atomic E-state index is 0.214. The van der Waals surface area contributed by atoms with Gasteiger partial charge in [-0.15, -0.1) is 0 Å². The molecule has 2 aromatic carbocycles. The molecule has 0 atom stereocenters. The van der Waals surface area contributed by atoms with Crippen LogP contribution in [0.1, 0.15) is 31.4 Å². The van der Waals surface area contributed by atoms with E-state index in [1.807, 2.05) is 23.3 Å². The number of rotatable bonds is 8. The maximum Gasteiger partial charge on any atom is 0.148 e. The predicted molar refractivity (Wildman–Crippen MR) is 94.5 cm³/mol. The molecule has 2 rings (SSSR count). The summed E-state index contributed by atoms with van der Waals surface area (Å²) in [5.41, 5.74) is 1.38. The van der Waals surface area contributed by atoms with E-state index in [0.29, 0.717) is 23.8 Å². The minimum atomic E-state index is -0.438. The lowest BCUT2D eigenvalue weighted by Crippen LogP contribution is -2.24. The molecule has 0 heterocycles. The van der Waals surface area contributed by atoms with Crippen molar-refractivity contribution >= 4 is 0 Å². The summed E-state index contributed by atoms with van der Waals surface area (Å²) >= 11 is 0. The Morgan fingerprint density at radius 3 is 2.48 bits per heavy atom. The van der Waals surface area contributed by atoms with Crippen LogP contribution in [0.5, 0.6) is 11.5 Å². The standard InChI is InChI=1S/C20H23FN2O2/c1-15(2)10-11-23(24-3)14-16-4-8-19(9-5-16)25-20-12-18(21)7-6-17(20)13-22/h4-9,12,15H,10-11,14H2,1-3H3. The summed E-state index contributed by atoms with van der Waals surface area (Å²) in [5.74, 6) is 0.947. The van der Waals surface area contributed by atoms with E-state index in [4.69, 9.17) is 14.8 Å². The Labute approximate surface area is 148 Å². The maximum absolute atomic E-state index is 13.4. The highest BCUT2D eigenvalue weighted by Crippen LogP contribution is 2.26. The van der Waals surface area contributed by atoms with E-state index in [9.17, 15) is 4.39 Å². The molecule has 2 aromatic rings. The number of hydrogen-bond donors (Lipinski definition) is 0. The van der Waals surface area contributed by atoms with Crippen LogP contribution in [-0.2, 0) is 11.4 Å². The normalized spacial score (nSPS) is 10.9. The van der Waals surface area contributed by atoms with Crippen LogP contribution in [0.25, 0.3) is 0 Å². The number of halogens is 1. The van der Waals surface area contributed by atoms with E-state index in [1.54, 1.807) is 19.2 Å². The Morgan fingerprint density at radius 1 is 1.16 bits per heavy atom. The third kappa shape index (κ3) is 5.86. The molecule has 0 amide bonds. The summed E-state index contributed by atoms with van der Waals surface area (Å²) in [6.07, 6.45) is 1.06. The minimum Gasteiger partial charge on any atom is -0.456 e. The monoisotopic (exact) mass is 342 g/mol. The summed E-state index contributed by atoms with van der Waals surface area (Å²) in [6, 6.07) is 13.3. The van der Waals surface area contributed by atoms with Crippen LogP contribution in [0.2, 0.25) is 0 Å². The summed E-state index contributed by atoms with van der Waals surface area (Å²) < 4.78 is 19.0. The first-order chi connectivity index (χ1) is 12.0. The van der Waals surface area contributed by atoms with E-state index in [2.05, 4.69) is 13.8 Å². The van der Waals surface area contributed by atoms with Crippen molar-refractivity contribution in [2.45, 2.75) is 26.8 Å². The molecule has 0 fully saturated rings. The fraction of sp³-hybridized carbons (Fsp3) is 0.350. The van der Waals surface area contributed by atoms with E-state index in [1.165, 1.54) is 18.2 Å². The van der Waals surface area contributed by atoms with Gasteiger partial charge in [-0.3, -0.25) is 0 Å². The van der Waals surface area contributed by atoms with Crippen LogP contribution in [-0.4, -0.2) is 18.7 Å². The summed E-state index contributed by atoms with van der Waals surface area (Å²) in [4.78, 5) is 5.40. The van der Waals surface area contributed by atoms with Crippen LogP contribution in [0, 0.1) is 23.1 Å². The summed E-state index contributed by atoms with van der Waals surface area (Å²) in [7, 11) is 1.67. The molecular weight excluding hydrogens is 319 g/mol. The SMILES string of the molecule is CON(CCC(C)C)Cc1ccc(Oc2cc(F)ccc2C#N)cc1. The van der Waals surface area contributed by atoms with Crippen molar-refractivity contribution in [3.8, 4) is 17.6 Å². The average Bonchev–Trinajstić information content (AvgIpc) is 2.60. The van der Waals surface area contributed by atoms with Gasteiger partial charge in [0.2, 0.25) is 0 Å². The van der Waals surface area contributed by atoms with Crippen molar-refractivity contribution < 1.29 is 14.0 Å². The quantitative estimate of drug-likeness (QED) is 0.640. The van der Waals surface area contributed by atoms with E-state index in [0.717, 1.165) is 18.5 Å². The fourth-order valence-electron chi connectivity index (χ4n) is 2.30. The number of nitriles is 1. The number of hydrogen-bond acceptors (Lipinski definition) is 4. The van der Waals surface area contributed by atoms with Gasteiger partial charge in [0.15, 0.2) is 0 Å². The first-order valence-electron chi connectivity index (χ1n) is 8.27. The molecule has 25 heavy (non-hydrogen) atoms.